The molecule has 0 bridgehead atoms. The van der Waals surface area contributed by atoms with E-state index in [4.69, 9.17) is 16.3 Å². The zero-order valence-corrected chi connectivity index (χ0v) is 9.11. The maximum atomic E-state index is 11.4. The number of nitrogens with one attached hydrogen (secondary N) is 1. The van der Waals surface area contributed by atoms with Gasteiger partial charge in [-0.15, -0.1) is 0 Å². The van der Waals surface area contributed by atoms with Crippen molar-refractivity contribution in [2.75, 3.05) is 6.61 Å². The molecule has 0 amide bonds. The summed E-state index contributed by atoms with van der Waals surface area (Å²) in [7, 11) is 0. The Balaban J connectivity index is 2.56. The maximum Gasteiger partial charge on any atom is 0.358 e. The van der Waals surface area contributed by atoms with Crippen LogP contribution in [0.3, 0.4) is 0 Å². The standard InChI is InChI=1S/C9H8ClN3O3/c1-2-16-8(14)5-4-13-7(11-5)3-6(10)12-9(13)15/h3-4H,2H2,1H3,(H,12,15). The van der Waals surface area contributed by atoms with Crippen LogP contribution in [0, 0.1) is 0 Å². The second kappa shape index (κ2) is 3.97. The third-order valence-corrected chi connectivity index (χ3v) is 2.12. The van der Waals surface area contributed by atoms with E-state index in [1.165, 1.54) is 16.7 Å². The molecule has 0 fully saturated rings. The molecule has 2 heterocycles. The van der Waals surface area contributed by atoms with Crippen molar-refractivity contribution in [2.24, 2.45) is 0 Å². The van der Waals surface area contributed by atoms with Crippen LogP contribution in [0.4, 0.5) is 0 Å². The third kappa shape index (κ3) is 1.79. The van der Waals surface area contributed by atoms with Gasteiger partial charge in [-0.2, -0.15) is 0 Å². The average molecular weight is 242 g/mol. The highest BCUT2D eigenvalue weighted by molar-refractivity contribution is 6.29. The summed E-state index contributed by atoms with van der Waals surface area (Å²) < 4.78 is 5.96. The second-order valence-electron chi connectivity index (χ2n) is 3.00. The van der Waals surface area contributed by atoms with E-state index in [1.807, 2.05) is 0 Å². The van der Waals surface area contributed by atoms with E-state index in [9.17, 15) is 9.59 Å². The van der Waals surface area contributed by atoms with Crippen LogP contribution < -0.4 is 5.69 Å². The Hall–Kier alpha value is -1.82. The van der Waals surface area contributed by atoms with Crippen LogP contribution in [0.1, 0.15) is 17.4 Å². The van der Waals surface area contributed by atoms with Crippen LogP contribution in [-0.4, -0.2) is 26.9 Å². The predicted octanol–water partition coefficient (Wildman–Crippen LogP) is 0.853. The first-order valence-corrected chi connectivity index (χ1v) is 4.94. The van der Waals surface area contributed by atoms with Crippen LogP contribution in [0.25, 0.3) is 5.65 Å². The summed E-state index contributed by atoms with van der Waals surface area (Å²) in [6, 6.07) is 1.45. The van der Waals surface area contributed by atoms with Crippen molar-refractivity contribution in [3.05, 3.63) is 33.6 Å². The van der Waals surface area contributed by atoms with Gasteiger partial charge in [0.15, 0.2) is 5.69 Å². The molecule has 0 aliphatic rings. The largest absolute Gasteiger partial charge is 0.461 e. The van der Waals surface area contributed by atoms with E-state index in [-0.39, 0.29) is 17.5 Å². The molecule has 0 radical (unpaired) electrons. The van der Waals surface area contributed by atoms with E-state index >= 15 is 0 Å². The lowest BCUT2D eigenvalue weighted by molar-refractivity contribution is 0.0520. The molecule has 84 valence electrons. The number of carbonyl (C=O) groups is 1. The van der Waals surface area contributed by atoms with Gasteiger partial charge >= 0.3 is 11.7 Å². The highest BCUT2D eigenvalue weighted by atomic mass is 35.5. The quantitative estimate of drug-likeness (QED) is 0.625. The Bertz CT molecular complexity index is 602. The van der Waals surface area contributed by atoms with Crippen molar-refractivity contribution >= 4 is 23.2 Å². The summed E-state index contributed by atoms with van der Waals surface area (Å²) in [5, 5.41) is 0.165. The lowest BCUT2D eigenvalue weighted by atomic mass is 10.5. The van der Waals surface area contributed by atoms with E-state index in [2.05, 4.69) is 9.97 Å². The van der Waals surface area contributed by atoms with Gasteiger partial charge in [-0.05, 0) is 6.92 Å². The number of esters is 1. The van der Waals surface area contributed by atoms with Gasteiger partial charge in [0.25, 0.3) is 0 Å². The molecule has 2 aromatic rings. The normalized spacial score (nSPS) is 10.6. The van der Waals surface area contributed by atoms with Crippen molar-refractivity contribution in [3.8, 4) is 0 Å². The Morgan fingerprint density at radius 3 is 3.12 bits per heavy atom. The van der Waals surface area contributed by atoms with Gasteiger partial charge in [0.2, 0.25) is 0 Å². The van der Waals surface area contributed by atoms with Gasteiger partial charge in [-0.25, -0.2) is 14.6 Å². The maximum absolute atomic E-state index is 11.4. The molecule has 2 aromatic heterocycles. The molecule has 0 saturated heterocycles. The van der Waals surface area contributed by atoms with Crippen LogP contribution >= 0.6 is 11.6 Å². The van der Waals surface area contributed by atoms with Gasteiger partial charge in [-0.3, -0.25) is 9.38 Å². The van der Waals surface area contributed by atoms with E-state index in [0.717, 1.165) is 0 Å². The zero-order chi connectivity index (χ0) is 11.7. The van der Waals surface area contributed by atoms with Gasteiger partial charge < -0.3 is 4.74 Å². The molecule has 7 heteroatoms. The molecule has 2 rings (SSSR count). The number of nitrogens with zero attached hydrogens (tertiary/aromatic N) is 2. The van der Waals surface area contributed by atoms with Crippen molar-refractivity contribution in [2.45, 2.75) is 6.92 Å². The Morgan fingerprint density at radius 1 is 1.69 bits per heavy atom. The molecule has 0 aliphatic carbocycles. The number of hydrogen-bond donors (Lipinski definition) is 1. The molecule has 16 heavy (non-hydrogen) atoms. The lowest BCUT2D eigenvalue weighted by Gasteiger charge is -1.94. The van der Waals surface area contributed by atoms with E-state index in [0.29, 0.717) is 5.65 Å². The van der Waals surface area contributed by atoms with Crippen molar-refractivity contribution < 1.29 is 9.53 Å². The molecule has 0 aromatic carbocycles. The molecule has 0 unspecified atom stereocenters. The molecule has 1 N–H and O–H groups in total. The van der Waals surface area contributed by atoms with Gasteiger partial charge in [-0.1, -0.05) is 11.6 Å². The second-order valence-corrected chi connectivity index (χ2v) is 3.40. The number of H-pyrrole nitrogens is 1. The molecule has 0 spiro atoms. The molecule has 0 atom stereocenters. The van der Waals surface area contributed by atoms with E-state index in [1.54, 1.807) is 6.92 Å². The summed E-state index contributed by atoms with van der Waals surface area (Å²) in [4.78, 5) is 29.1. The molecule has 0 aliphatic heterocycles. The van der Waals surface area contributed by atoms with E-state index < -0.39 is 11.7 Å². The van der Waals surface area contributed by atoms with Gasteiger partial charge in [0.1, 0.15) is 10.8 Å². The number of hydrogen-bond acceptors (Lipinski definition) is 4. The summed E-state index contributed by atoms with van der Waals surface area (Å²) in [5.74, 6) is -0.568. The Labute approximate surface area is 94.8 Å². The number of carbonyl (C=O) groups excluding carboxylic acids is 1. The number of imidazole rings is 1. The minimum Gasteiger partial charge on any atom is -0.461 e. The van der Waals surface area contributed by atoms with Gasteiger partial charge in [0.05, 0.1) is 6.61 Å². The summed E-state index contributed by atoms with van der Waals surface area (Å²) in [5.41, 5.74) is -0.0723. The predicted molar refractivity (Wildman–Crippen MR) is 56.8 cm³/mol. The number of halogens is 1. The molecular formula is C9H8ClN3O3. The lowest BCUT2D eigenvalue weighted by Crippen LogP contribution is -2.14. The number of rotatable bonds is 2. The smallest absolute Gasteiger partial charge is 0.358 e. The zero-order valence-electron chi connectivity index (χ0n) is 8.36. The first-order valence-electron chi connectivity index (χ1n) is 4.57. The van der Waals surface area contributed by atoms with Crippen LogP contribution in [0.15, 0.2) is 17.1 Å². The Kier molecular flexibility index (Phi) is 2.66. The third-order valence-electron chi connectivity index (χ3n) is 1.92. The van der Waals surface area contributed by atoms with Crippen LogP contribution in [0.2, 0.25) is 5.15 Å². The first-order chi connectivity index (χ1) is 7.61. The van der Waals surface area contributed by atoms with Crippen molar-refractivity contribution in [1.82, 2.24) is 14.4 Å². The highest BCUT2D eigenvalue weighted by Crippen LogP contribution is 2.07. The fourth-order valence-electron chi connectivity index (χ4n) is 1.27. The monoisotopic (exact) mass is 241 g/mol. The number of ether oxygens (including phenoxy) is 1. The van der Waals surface area contributed by atoms with Crippen LogP contribution in [0.5, 0.6) is 0 Å². The summed E-state index contributed by atoms with van der Waals surface area (Å²) >= 11 is 5.65. The minimum atomic E-state index is -0.568. The fourth-order valence-corrected chi connectivity index (χ4v) is 1.45. The van der Waals surface area contributed by atoms with Crippen molar-refractivity contribution in [1.29, 1.82) is 0 Å². The van der Waals surface area contributed by atoms with Crippen LogP contribution in [-0.2, 0) is 4.74 Å². The first kappa shape index (κ1) is 10.7. The Morgan fingerprint density at radius 2 is 2.44 bits per heavy atom. The number of fused-ring (bicyclic) bond motifs is 1. The summed E-state index contributed by atoms with van der Waals surface area (Å²) in [6.07, 6.45) is 1.31. The number of aromatic amines is 1. The minimum absolute atomic E-state index is 0.0783. The highest BCUT2D eigenvalue weighted by Gasteiger charge is 2.13. The SMILES string of the molecule is CCOC(=O)c1cn2c(=O)[nH]c(Cl)cc2n1. The fraction of sp³-hybridized carbons (Fsp3) is 0.222. The molecule has 0 saturated carbocycles. The molecule has 6 nitrogen and oxygen atoms in total. The van der Waals surface area contributed by atoms with Crippen molar-refractivity contribution in [3.63, 3.8) is 0 Å². The molecular weight excluding hydrogens is 234 g/mol. The van der Waals surface area contributed by atoms with Gasteiger partial charge in [0, 0.05) is 12.3 Å². The average Bonchev–Trinajstić information content (AvgIpc) is 2.62. The number of aromatic nitrogens is 3. The topological polar surface area (TPSA) is 76.5 Å². The summed E-state index contributed by atoms with van der Waals surface area (Å²) in [6.45, 7) is 1.95.